The number of benzene rings is 2. The Kier molecular flexibility index (Phi) is 4.43. The summed E-state index contributed by atoms with van der Waals surface area (Å²) in [5, 5.41) is 4.02. The molecule has 3 rings (SSSR count). The molecule has 0 aliphatic carbocycles. The number of nitrogens with zero attached hydrogens (tertiary/aromatic N) is 3. The summed E-state index contributed by atoms with van der Waals surface area (Å²) in [4.78, 5) is 3.86. The first kappa shape index (κ1) is 16.9. The predicted octanol–water partition coefficient (Wildman–Crippen LogP) is 4.86. The highest BCUT2D eigenvalue weighted by Crippen LogP contribution is 2.34. The van der Waals surface area contributed by atoms with Gasteiger partial charge in [0.2, 0.25) is 0 Å². The Balaban J connectivity index is 1.99. The van der Waals surface area contributed by atoms with Crippen LogP contribution < -0.4 is 4.74 Å². The van der Waals surface area contributed by atoms with Crippen LogP contribution in [0.5, 0.6) is 5.75 Å². The second-order valence-corrected chi connectivity index (χ2v) is 5.26. The molecule has 1 heterocycles. The van der Waals surface area contributed by atoms with Gasteiger partial charge in [0.1, 0.15) is 12.1 Å². The van der Waals surface area contributed by atoms with Crippen molar-refractivity contribution in [3.8, 4) is 22.6 Å². The number of halogens is 4. The van der Waals surface area contributed by atoms with Crippen LogP contribution in [0.1, 0.15) is 18.9 Å². The number of rotatable bonds is 4. The highest BCUT2D eigenvalue weighted by atomic mass is 19.4. The highest BCUT2D eigenvalue weighted by Gasteiger charge is 2.32. The minimum absolute atomic E-state index is 0.0335. The summed E-state index contributed by atoms with van der Waals surface area (Å²) in [6.07, 6.45) is -4.75. The van der Waals surface area contributed by atoms with Crippen LogP contribution in [0.15, 0.2) is 54.9 Å². The fraction of sp³-hybridized carbons (Fsp3) is 0.176. The third-order valence-electron chi connectivity index (χ3n) is 3.40. The molecule has 8 heteroatoms. The molecular formula is C17H13F4N3O. The van der Waals surface area contributed by atoms with Gasteiger partial charge in [-0.1, -0.05) is 30.3 Å². The van der Waals surface area contributed by atoms with Gasteiger partial charge >= 0.3 is 6.36 Å². The number of ether oxygens (including phenoxy) is 1. The zero-order valence-electron chi connectivity index (χ0n) is 13.0. The lowest BCUT2D eigenvalue weighted by atomic mass is 10.0. The minimum atomic E-state index is -4.79. The number of hydrogen-bond acceptors (Lipinski definition) is 3. The lowest BCUT2D eigenvalue weighted by Crippen LogP contribution is -2.17. The Morgan fingerprint density at radius 1 is 1.08 bits per heavy atom. The molecule has 2 aromatic carbocycles. The van der Waals surface area contributed by atoms with Crippen molar-refractivity contribution < 1.29 is 22.3 Å². The molecule has 1 unspecified atom stereocenters. The predicted molar refractivity (Wildman–Crippen MR) is 83.0 cm³/mol. The van der Waals surface area contributed by atoms with E-state index in [2.05, 4.69) is 14.8 Å². The molecule has 4 nitrogen and oxygen atoms in total. The topological polar surface area (TPSA) is 39.9 Å². The molecule has 0 spiro atoms. The maximum Gasteiger partial charge on any atom is 0.573 e. The van der Waals surface area contributed by atoms with Crippen molar-refractivity contribution in [3.05, 3.63) is 60.7 Å². The van der Waals surface area contributed by atoms with Gasteiger partial charge in [0.15, 0.2) is 12.0 Å². The Hall–Kier alpha value is -2.90. The van der Waals surface area contributed by atoms with Gasteiger partial charge in [-0.25, -0.2) is 14.1 Å². The van der Waals surface area contributed by atoms with Crippen LogP contribution in [0.2, 0.25) is 0 Å². The van der Waals surface area contributed by atoms with E-state index in [1.807, 2.05) is 0 Å². The molecule has 0 fully saturated rings. The van der Waals surface area contributed by atoms with Crippen LogP contribution in [0, 0.1) is 0 Å². The number of hydrogen-bond donors (Lipinski definition) is 0. The molecule has 0 aliphatic rings. The van der Waals surface area contributed by atoms with Crippen molar-refractivity contribution in [1.29, 1.82) is 0 Å². The average molecular weight is 351 g/mol. The van der Waals surface area contributed by atoms with Crippen LogP contribution in [0.4, 0.5) is 17.6 Å². The van der Waals surface area contributed by atoms with Gasteiger partial charge < -0.3 is 4.74 Å². The van der Waals surface area contributed by atoms with E-state index in [0.29, 0.717) is 11.3 Å². The number of alkyl halides is 4. The largest absolute Gasteiger partial charge is 0.573 e. The van der Waals surface area contributed by atoms with Crippen LogP contribution in [0.3, 0.4) is 0 Å². The van der Waals surface area contributed by atoms with Crippen molar-refractivity contribution >= 4 is 0 Å². The van der Waals surface area contributed by atoms with E-state index in [0.717, 1.165) is 0 Å². The van der Waals surface area contributed by atoms with E-state index in [-0.39, 0.29) is 17.1 Å². The van der Waals surface area contributed by atoms with Gasteiger partial charge in [-0.15, -0.1) is 18.3 Å². The molecule has 0 saturated heterocycles. The molecule has 0 saturated carbocycles. The summed E-state index contributed by atoms with van der Waals surface area (Å²) in [5.74, 6) is -0.269. The molecule has 0 bridgehead atoms. The smallest absolute Gasteiger partial charge is 0.405 e. The molecule has 3 aromatic rings. The van der Waals surface area contributed by atoms with Crippen molar-refractivity contribution in [3.63, 3.8) is 0 Å². The number of aromatic nitrogens is 3. The quantitative estimate of drug-likeness (QED) is 0.630. The third kappa shape index (κ3) is 3.96. The van der Waals surface area contributed by atoms with E-state index in [1.165, 1.54) is 36.1 Å². The fourth-order valence-corrected chi connectivity index (χ4v) is 2.32. The molecule has 25 heavy (non-hydrogen) atoms. The zero-order chi connectivity index (χ0) is 18.0. The van der Waals surface area contributed by atoms with Crippen LogP contribution in [-0.2, 0) is 0 Å². The van der Waals surface area contributed by atoms with Crippen molar-refractivity contribution in [2.75, 3.05) is 0 Å². The summed E-state index contributed by atoms with van der Waals surface area (Å²) in [7, 11) is 0. The van der Waals surface area contributed by atoms with Crippen molar-refractivity contribution in [2.45, 2.75) is 19.5 Å². The van der Waals surface area contributed by atoms with E-state index in [1.54, 1.807) is 30.3 Å². The molecule has 1 atom stereocenters. The second kappa shape index (κ2) is 6.54. The monoisotopic (exact) mass is 351 g/mol. The van der Waals surface area contributed by atoms with E-state index >= 15 is 0 Å². The maximum atomic E-state index is 13.3. The first-order valence-corrected chi connectivity index (χ1v) is 7.35. The first-order valence-electron chi connectivity index (χ1n) is 7.35. The highest BCUT2D eigenvalue weighted by molar-refractivity contribution is 5.72. The standard InChI is InChI=1S/C17H13F4N3O/c1-11(18)16-22-10-24(23-16)13-6-4-5-12(9-13)14-7-2-3-8-15(14)25-17(19,20)21/h2-11H,1H3. The zero-order valence-corrected chi connectivity index (χ0v) is 13.0. The maximum absolute atomic E-state index is 13.3. The normalized spacial score (nSPS) is 12.8. The Labute approximate surface area is 140 Å². The molecule has 130 valence electrons. The summed E-state index contributed by atoms with van der Waals surface area (Å²) in [6, 6.07) is 12.5. The first-order chi connectivity index (χ1) is 11.8. The summed E-state index contributed by atoms with van der Waals surface area (Å²) in [6.45, 7) is 1.32. The summed E-state index contributed by atoms with van der Waals surface area (Å²) >= 11 is 0. The molecule has 0 aliphatic heterocycles. The van der Waals surface area contributed by atoms with Crippen molar-refractivity contribution in [1.82, 2.24) is 14.8 Å². The van der Waals surface area contributed by atoms with Crippen LogP contribution >= 0.6 is 0 Å². The molecule has 0 amide bonds. The van der Waals surface area contributed by atoms with E-state index < -0.39 is 12.5 Å². The van der Waals surface area contributed by atoms with Gasteiger partial charge in [0.05, 0.1) is 5.69 Å². The van der Waals surface area contributed by atoms with E-state index in [4.69, 9.17) is 0 Å². The van der Waals surface area contributed by atoms with Gasteiger partial charge in [0, 0.05) is 5.56 Å². The van der Waals surface area contributed by atoms with E-state index in [9.17, 15) is 17.6 Å². The SMILES string of the molecule is CC(F)c1ncn(-c2cccc(-c3ccccc3OC(F)(F)F)c2)n1. The summed E-state index contributed by atoms with van der Waals surface area (Å²) < 4.78 is 56.4. The van der Waals surface area contributed by atoms with Crippen molar-refractivity contribution in [2.24, 2.45) is 0 Å². The second-order valence-electron chi connectivity index (χ2n) is 5.26. The Bertz CT molecular complexity index is 874. The minimum Gasteiger partial charge on any atom is -0.405 e. The third-order valence-corrected chi connectivity index (χ3v) is 3.40. The fourth-order valence-electron chi connectivity index (χ4n) is 2.32. The molecule has 1 aromatic heterocycles. The lowest BCUT2D eigenvalue weighted by molar-refractivity contribution is -0.274. The van der Waals surface area contributed by atoms with Gasteiger partial charge in [0.25, 0.3) is 0 Å². The summed E-state index contributed by atoms with van der Waals surface area (Å²) in [5.41, 5.74) is 1.32. The van der Waals surface area contributed by atoms with Gasteiger partial charge in [-0.3, -0.25) is 0 Å². The molecule has 0 radical (unpaired) electrons. The Morgan fingerprint density at radius 2 is 1.84 bits per heavy atom. The average Bonchev–Trinajstić information content (AvgIpc) is 3.04. The lowest BCUT2D eigenvalue weighted by Gasteiger charge is -2.13. The molecule has 0 N–H and O–H groups in total. The number of para-hydroxylation sites is 1. The van der Waals surface area contributed by atoms with Gasteiger partial charge in [-0.2, -0.15) is 0 Å². The molecular weight excluding hydrogens is 338 g/mol. The van der Waals surface area contributed by atoms with Crippen LogP contribution in [0.25, 0.3) is 16.8 Å². The van der Waals surface area contributed by atoms with Crippen LogP contribution in [-0.4, -0.2) is 21.1 Å². The van der Waals surface area contributed by atoms with Gasteiger partial charge in [-0.05, 0) is 30.7 Å². The Morgan fingerprint density at radius 3 is 2.52 bits per heavy atom.